The summed E-state index contributed by atoms with van der Waals surface area (Å²) in [6.07, 6.45) is 1.29. The molecule has 10 heteroatoms. The van der Waals surface area contributed by atoms with Gasteiger partial charge in [0.25, 0.3) is 5.91 Å². The average Bonchev–Trinajstić information content (AvgIpc) is 3.05. The number of hydrogen-bond acceptors (Lipinski definition) is 6. The zero-order chi connectivity index (χ0) is 22.5. The van der Waals surface area contributed by atoms with Gasteiger partial charge < -0.3 is 14.2 Å². The highest BCUT2D eigenvalue weighted by Gasteiger charge is 2.17. The topological polar surface area (TPSA) is 107 Å². The first-order chi connectivity index (χ1) is 14.9. The van der Waals surface area contributed by atoms with Gasteiger partial charge in [-0.3, -0.25) is 14.3 Å². The molecular weight excluding hydrogens is 424 g/mol. The van der Waals surface area contributed by atoms with Crippen molar-refractivity contribution in [1.29, 1.82) is 0 Å². The van der Waals surface area contributed by atoms with E-state index in [2.05, 4.69) is 15.5 Å². The molecule has 0 radical (unpaired) electrons. The largest absolute Gasteiger partial charge is 0.493 e. The molecule has 0 saturated carbocycles. The standard InChI is InChI=1S/C21H21ClN4O5/c1-12-5-7-14(8-6-12)26-15(19(22)24-21(26)28)11-23-25-20(27)13-9-16(29-2)18(31-4)17(10-13)30-3/h5-11H,1-4H3,(H,24,28)(H,25,27)/b23-11-. The molecule has 0 aliphatic carbocycles. The van der Waals surface area contributed by atoms with E-state index in [1.807, 2.05) is 19.1 Å². The Kier molecular flexibility index (Phi) is 6.66. The number of rotatable bonds is 7. The number of amides is 1. The molecule has 0 atom stereocenters. The van der Waals surface area contributed by atoms with Gasteiger partial charge in [0.15, 0.2) is 11.5 Å². The summed E-state index contributed by atoms with van der Waals surface area (Å²) >= 11 is 6.15. The van der Waals surface area contributed by atoms with E-state index in [9.17, 15) is 9.59 Å². The predicted octanol–water partition coefficient (Wildman–Crippen LogP) is 2.92. The van der Waals surface area contributed by atoms with Crippen molar-refractivity contribution in [2.45, 2.75) is 6.92 Å². The third kappa shape index (κ3) is 4.56. The van der Waals surface area contributed by atoms with Crippen molar-refractivity contribution in [3.63, 3.8) is 0 Å². The van der Waals surface area contributed by atoms with E-state index in [-0.39, 0.29) is 10.7 Å². The average molecular weight is 445 g/mol. The number of nitrogens with one attached hydrogen (secondary N) is 2. The van der Waals surface area contributed by atoms with E-state index in [1.54, 1.807) is 12.1 Å². The van der Waals surface area contributed by atoms with Crippen LogP contribution in [0.5, 0.6) is 17.2 Å². The number of methoxy groups -OCH3 is 3. The van der Waals surface area contributed by atoms with Gasteiger partial charge in [0.2, 0.25) is 5.75 Å². The van der Waals surface area contributed by atoms with Crippen LogP contribution in [0.15, 0.2) is 46.3 Å². The Hall–Kier alpha value is -3.72. The summed E-state index contributed by atoms with van der Waals surface area (Å²) in [5.74, 6) is 0.508. The number of carbonyl (C=O) groups is 1. The number of aromatic amines is 1. The van der Waals surface area contributed by atoms with Crippen LogP contribution in [0.25, 0.3) is 5.69 Å². The van der Waals surface area contributed by atoms with Crippen LogP contribution >= 0.6 is 11.6 Å². The maximum absolute atomic E-state index is 12.6. The molecule has 0 spiro atoms. The predicted molar refractivity (Wildman–Crippen MR) is 117 cm³/mol. The van der Waals surface area contributed by atoms with Gasteiger partial charge in [-0.15, -0.1) is 0 Å². The van der Waals surface area contributed by atoms with Gasteiger partial charge in [-0.2, -0.15) is 5.10 Å². The van der Waals surface area contributed by atoms with Crippen molar-refractivity contribution in [2.24, 2.45) is 5.10 Å². The molecule has 31 heavy (non-hydrogen) atoms. The molecule has 3 rings (SSSR count). The number of aromatic nitrogens is 2. The van der Waals surface area contributed by atoms with Crippen molar-refractivity contribution in [3.05, 3.63) is 68.9 Å². The molecule has 0 unspecified atom stereocenters. The highest BCUT2D eigenvalue weighted by atomic mass is 35.5. The maximum atomic E-state index is 12.6. The Morgan fingerprint density at radius 3 is 2.26 bits per heavy atom. The zero-order valence-electron chi connectivity index (χ0n) is 17.4. The fourth-order valence-electron chi connectivity index (χ4n) is 2.91. The lowest BCUT2D eigenvalue weighted by molar-refractivity contribution is 0.0954. The van der Waals surface area contributed by atoms with Crippen LogP contribution in [-0.2, 0) is 0 Å². The Labute approximate surface area is 183 Å². The lowest BCUT2D eigenvalue weighted by Gasteiger charge is -2.13. The SMILES string of the molecule is COc1cc(C(=O)N/N=C\c2c(Cl)[nH]c(=O)n2-c2ccc(C)cc2)cc(OC)c1OC. The zero-order valence-corrected chi connectivity index (χ0v) is 18.1. The number of carbonyl (C=O) groups excluding carboxylic acids is 1. The van der Waals surface area contributed by atoms with Gasteiger partial charge in [0, 0.05) is 5.56 Å². The molecular formula is C21H21ClN4O5. The van der Waals surface area contributed by atoms with E-state index in [1.165, 1.54) is 44.2 Å². The van der Waals surface area contributed by atoms with E-state index >= 15 is 0 Å². The molecule has 0 fully saturated rings. The number of imidazole rings is 1. The smallest absolute Gasteiger partial charge is 0.331 e. The number of aryl methyl sites for hydroxylation is 1. The third-order valence-corrected chi connectivity index (χ3v) is 4.75. The van der Waals surface area contributed by atoms with Crippen LogP contribution in [0.1, 0.15) is 21.6 Å². The monoisotopic (exact) mass is 444 g/mol. The Bertz CT molecular complexity index is 1160. The molecule has 9 nitrogen and oxygen atoms in total. The fourth-order valence-corrected chi connectivity index (χ4v) is 3.13. The molecule has 2 N–H and O–H groups in total. The molecule has 3 aromatic rings. The molecule has 162 valence electrons. The number of nitrogens with zero attached hydrogens (tertiary/aromatic N) is 2. The molecule has 1 heterocycles. The summed E-state index contributed by atoms with van der Waals surface area (Å²) < 4.78 is 17.1. The van der Waals surface area contributed by atoms with Crippen LogP contribution < -0.4 is 25.3 Å². The fraction of sp³-hybridized carbons (Fsp3) is 0.190. The quantitative estimate of drug-likeness (QED) is 0.430. The van der Waals surface area contributed by atoms with Crippen LogP contribution in [0.4, 0.5) is 0 Å². The maximum Gasteiger partial charge on any atom is 0.331 e. The second-order valence-electron chi connectivity index (χ2n) is 6.41. The van der Waals surface area contributed by atoms with E-state index < -0.39 is 11.6 Å². The highest BCUT2D eigenvalue weighted by molar-refractivity contribution is 6.31. The molecule has 2 aromatic carbocycles. The van der Waals surface area contributed by atoms with Crippen LogP contribution in [-0.4, -0.2) is 43.0 Å². The number of hydrazone groups is 1. The van der Waals surface area contributed by atoms with Crippen molar-refractivity contribution < 1.29 is 19.0 Å². The molecule has 1 amide bonds. The Morgan fingerprint density at radius 1 is 1.10 bits per heavy atom. The van der Waals surface area contributed by atoms with Crippen molar-refractivity contribution in [1.82, 2.24) is 15.0 Å². The molecule has 0 bridgehead atoms. The van der Waals surface area contributed by atoms with Gasteiger partial charge in [-0.1, -0.05) is 29.3 Å². The van der Waals surface area contributed by atoms with Gasteiger partial charge in [0.1, 0.15) is 10.8 Å². The minimum atomic E-state index is -0.522. The Balaban J connectivity index is 1.87. The second-order valence-corrected chi connectivity index (χ2v) is 6.79. The molecule has 0 aliphatic heterocycles. The van der Waals surface area contributed by atoms with E-state index in [0.717, 1.165) is 5.56 Å². The van der Waals surface area contributed by atoms with E-state index in [4.69, 9.17) is 25.8 Å². The summed E-state index contributed by atoms with van der Waals surface area (Å²) in [5.41, 5.74) is 4.16. The molecule has 0 aliphatic rings. The third-order valence-electron chi connectivity index (χ3n) is 4.46. The summed E-state index contributed by atoms with van der Waals surface area (Å²) in [6.45, 7) is 1.94. The summed E-state index contributed by atoms with van der Waals surface area (Å²) in [4.78, 5) is 27.4. The minimum absolute atomic E-state index is 0.0939. The lowest BCUT2D eigenvalue weighted by atomic mass is 10.1. The summed E-state index contributed by atoms with van der Waals surface area (Å²) in [7, 11) is 4.38. The van der Waals surface area contributed by atoms with Gasteiger partial charge in [0.05, 0.1) is 33.2 Å². The second kappa shape index (κ2) is 9.40. The normalized spacial score (nSPS) is 10.9. The van der Waals surface area contributed by atoms with Crippen LogP contribution in [0.2, 0.25) is 5.15 Å². The van der Waals surface area contributed by atoms with E-state index in [0.29, 0.717) is 28.6 Å². The molecule has 1 aromatic heterocycles. The number of ether oxygens (including phenoxy) is 3. The summed E-state index contributed by atoms with van der Waals surface area (Å²) in [6, 6.07) is 10.3. The van der Waals surface area contributed by atoms with Crippen molar-refractivity contribution >= 4 is 23.7 Å². The lowest BCUT2D eigenvalue weighted by Crippen LogP contribution is -2.20. The minimum Gasteiger partial charge on any atom is -0.493 e. The number of halogens is 1. The first-order valence-electron chi connectivity index (χ1n) is 9.10. The van der Waals surface area contributed by atoms with Crippen molar-refractivity contribution in [2.75, 3.05) is 21.3 Å². The number of H-pyrrole nitrogens is 1. The number of hydrogen-bond donors (Lipinski definition) is 2. The Morgan fingerprint density at radius 2 is 1.71 bits per heavy atom. The first-order valence-corrected chi connectivity index (χ1v) is 9.48. The van der Waals surface area contributed by atoms with Gasteiger partial charge in [-0.25, -0.2) is 10.2 Å². The van der Waals surface area contributed by atoms with Crippen LogP contribution in [0, 0.1) is 6.92 Å². The summed E-state index contributed by atoms with van der Waals surface area (Å²) in [5, 5.41) is 4.04. The van der Waals surface area contributed by atoms with Gasteiger partial charge >= 0.3 is 5.69 Å². The molecule has 0 saturated heterocycles. The first kappa shape index (κ1) is 22.0. The van der Waals surface area contributed by atoms with Crippen LogP contribution in [0.3, 0.4) is 0 Å². The van der Waals surface area contributed by atoms with Gasteiger partial charge in [-0.05, 0) is 31.2 Å². The number of benzene rings is 2. The highest BCUT2D eigenvalue weighted by Crippen LogP contribution is 2.38. The van der Waals surface area contributed by atoms with Crippen molar-refractivity contribution in [3.8, 4) is 22.9 Å².